The number of carbonyl (C=O) groups is 1. The maximum absolute atomic E-state index is 12.9. The van der Waals surface area contributed by atoms with Crippen LogP contribution >= 0.6 is 11.3 Å². The van der Waals surface area contributed by atoms with E-state index in [0.29, 0.717) is 11.3 Å². The molecule has 140 valence electrons. The third kappa shape index (κ3) is 3.47. The SMILES string of the molecule is COc1c(C(=O)N[C@H]2CCN(C3CCCCC3)C2)ccc2sc(C)cc12. The minimum absolute atomic E-state index is 0.0110. The summed E-state index contributed by atoms with van der Waals surface area (Å²) in [6, 6.07) is 7.02. The van der Waals surface area contributed by atoms with E-state index in [1.54, 1.807) is 18.4 Å². The lowest BCUT2D eigenvalue weighted by Gasteiger charge is -2.31. The summed E-state index contributed by atoms with van der Waals surface area (Å²) in [7, 11) is 1.65. The van der Waals surface area contributed by atoms with Crippen molar-refractivity contribution in [2.75, 3.05) is 20.2 Å². The van der Waals surface area contributed by atoms with Gasteiger partial charge in [-0.1, -0.05) is 19.3 Å². The number of methoxy groups -OCH3 is 1. The topological polar surface area (TPSA) is 41.6 Å². The van der Waals surface area contributed by atoms with Gasteiger partial charge in [0.15, 0.2) is 0 Å². The highest BCUT2D eigenvalue weighted by atomic mass is 32.1. The molecule has 1 aromatic heterocycles. The Hall–Kier alpha value is -1.59. The highest BCUT2D eigenvalue weighted by molar-refractivity contribution is 7.19. The maximum Gasteiger partial charge on any atom is 0.255 e. The predicted molar refractivity (Wildman–Crippen MR) is 107 cm³/mol. The lowest BCUT2D eigenvalue weighted by molar-refractivity contribution is 0.0932. The monoisotopic (exact) mass is 372 g/mol. The second-order valence-electron chi connectivity index (χ2n) is 7.66. The fourth-order valence-corrected chi connectivity index (χ4v) is 5.48. The van der Waals surface area contributed by atoms with Gasteiger partial charge in [0.05, 0.1) is 12.7 Å². The number of hydrogen-bond donors (Lipinski definition) is 1. The van der Waals surface area contributed by atoms with E-state index in [0.717, 1.165) is 30.9 Å². The van der Waals surface area contributed by atoms with Crippen molar-refractivity contribution in [2.45, 2.75) is 57.5 Å². The number of hydrogen-bond acceptors (Lipinski definition) is 4. The Kier molecular flexibility index (Phi) is 5.18. The third-order valence-corrected chi connectivity index (χ3v) is 6.89. The van der Waals surface area contributed by atoms with Crippen molar-refractivity contribution in [2.24, 2.45) is 0 Å². The molecule has 0 spiro atoms. The number of nitrogens with one attached hydrogen (secondary N) is 1. The summed E-state index contributed by atoms with van der Waals surface area (Å²) in [6.45, 7) is 4.18. The van der Waals surface area contributed by atoms with Crippen molar-refractivity contribution in [3.63, 3.8) is 0 Å². The molecule has 0 bridgehead atoms. The van der Waals surface area contributed by atoms with Gasteiger partial charge in [-0.25, -0.2) is 0 Å². The summed E-state index contributed by atoms with van der Waals surface area (Å²) in [6.07, 6.45) is 7.79. The highest BCUT2D eigenvalue weighted by Crippen LogP contribution is 2.35. The van der Waals surface area contributed by atoms with Crippen molar-refractivity contribution in [3.05, 3.63) is 28.6 Å². The predicted octanol–water partition coefficient (Wildman–Crippen LogP) is 4.36. The first-order valence-corrected chi connectivity index (χ1v) is 10.6. The average molecular weight is 373 g/mol. The molecule has 1 saturated heterocycles. The van der Waals surface area contributed by atoms with E-state index in [1.165, 1.54) is 41.7 Å². The molecule has 1 N–H and O–H groups in total. The molecule has 0 unspecified atom stereocenters. The number of thiophene rings is 1. The Morgan fingerprint density at radius 1 is 1.23 bits per heavy atom. The third-order valence-electron chi connectivity index (χ3n) is 5.87. The van der Waals surface area contributed by atoms with Gasteiger partial charge in [-0.05, 0) is 44.4 Å². The molecule has 0 radical (unpaired) electrons. The standard InChI is InChI=1S/C21H28N2O2S/c1-14-12-18-19(26-14)9-8-17(20(18)25-2)21(24)22-15-10-11-23(13-15)16-6-4-3-5-7-16/h8-9,12,15-16H,3-7,10-11,13H2,1-2H3,(H,22,24)/t15-/m0/s1. The molecule has 4 rings (SSSR count). The number of fused-ring (bicyclic) bond motifs is 1. The molecule has 5 heteroatoms. The fourth-order valence-electron chi connectivity index (χ4n) is 4.56. The number of amides is 1. The van der Waals surface area contributed by atoms with Crippen LogP contribution in [0.1, 0.15) is 53.8 Å². The van der Waals surface area contributed by atoms with Gasteiger partial charge in [-0.15, -0.1) is 11.3 Å². The summed E-state index contributed by atoms with van der Waals surface area (Å²) in [5, 5.41) is 4.29. The zero-order valence-corrected chi connectivity index (χ0v) is 16.5. The smallest absolute Gasteiger partial charge is 0.255 e. The van der Waals surface area contributed by atoms with E-state index in [9.17, 15) is 4.79 Å². The Labute approximate surface area is 159 Å². The van der Waals surface area contributed by atoms with Gasteiger partial charge in [0, 0.05) is 40.1 Å². The van der Waals surface area contributed by atoms with Gasteiger partial charge in [0.1, 0.15) is 5.75 Å². The van der Waals surface area contributed by atoms with Crippen molar-refractivity contribution in [1.29, 1.82) is 0 Å². The summed E-state index contributed by atoms with van der Waals surface area (Å²) in [5.74, 6) is 0.689. The van der Waals surface area contributed by atoms with Crippen molar-refractivity contribution in [1.82, 2.24) is 10.2 Å². The molecule has 1 aromatic carbocycles. The summed E-state index contributed by atoms with van der Waals surface area (Å²) in [5.41, 5.74) is 0.647. The molecule has 2 aliphatic rings. The number of ether oxygens (including phenoxy) is 1. The Morgan fingerprint density at radius 3 is 2.81 bits per heavy atom. The number of carbonyl (C=O) groups excluding carboxylic acids is 1. The molecular weight excluding hydrogens is 344 g/mol. The van der Waals surface area contributed by atoms with Crippen molar-refractivity contribution < 1.29 is 9.53 Å². The van der Waals surface area contributed by atoms with Gasteiger partial charge in [0.2, 0.25) is 0 Å². The van der Waals surface area contributed by atoms with Crippen LogP contribution in [0.4, 0.5) is 0 Å². The maximum atomic E-state index is 12.9. The van der Waals surface area contributed by atoms with Crippen LogP contribution in [-0.4, -0.2) is 43.1 Å². The minimum atomic E-state index is -0.0110. The fraction of sp³-hybridized carbons (Fsp3) is 0.571. The van der Waals surface area contributed by atoms with E-state index in [2.05, 4.69) is 23.2 Å². The summed E-state index contributed by atoms with van der Waals surface area (Å²) in [4.78, 5) is 16.7. The van der Waals surface area contributed by atoms with E-state index in [-0.39, 0.29) is 11.9 Å². The van der Waals surface area contributed by atoms with Crippen LogP contribution < -0.4 is 10.1 Å². The number of likely N-dealkylation sites (tertiary alicyclic amines) is 1. The number of rotatable bonds is 4. The Balaban J connectivity index is 1.46. The largest absolute Gasteiger partial charge is 0.495 e. The van der Waals surface area contributed by atoms with E-state index in [4.69, 9.17) is 4.74 Å². The zero-order valence-electron chi connectivity index (χ0n) is 15.7. The van der Waals surface area contributed by atoms with E-state index < -0.39 is 0 Å². The molecule has 2 fully saturated rings. The van der Waals surface area contributed by atoms with E-state index >= 15 is 0 Å². The molecule has 1 atom stereocenters. The van der Waals surface area contributed by atoms with Gasteiger partial charge < -0.3 is 10.1 Å². The van der Waals surface area contributed by atoms with Crippen LogP contribution in [0.25, 0.3) is 10.1 Å². The molecule has 4 nitrogen and oxygen atoms in total. The van der Waals surface area contributed by atoms with Crippen LogP contribution in [0.2, 0.25) is 0 Å². The summed E-state index contributed by atoms with van der Waals surface area (Å²) >= 11 is 1.73. The van der Waals surface area contributed by atoms with Gasteiger partial charge >= 0.3 is 0 Å². The van der Waals surface area contributed by atoms with Gasteiger partial charge in [-0.3, -0.25) is 9.69 Å². The molecule has 2 heterocycles. The highest BCUT2D eigenvalue weighted by Gasteiger charge is 2.30. The van der Waals surface area contributed by atoms with Gasteiger partial charge in [0.25, 0.3) is 5.91 Å². The second-order valence-corrected chi connectivity index (χ2v) is 8.95. The summed E-state index contributed by atoms with van der Waals surface area (Å²) < 4.78 is 6.78. The van der Waals surface area contributed by atoms with Crippen LogP contribution in [0.15, 0.2) is 18.2 Å². The number of benzene rings is 1. The van der Waals surface area contributed by atoms with Gasteiger partial charge in [-0.2, -0.15) is 0 Å². The first kappa shape index (κ1) is 17.8. The normalized spacial score (nSPS) is 22.0. The molecule has 1 aliphatic heterocycles. The van der Waals surface area contributed by atoms with E-state index in [1.807, 2.05) is 12.1 Å². The molecule has 2 aromatic rings. The Morgan fingerprint density at radius 2 is 2.04 bits per heavy atom. The average Bonchev–Trinajstić information content (AvgIpc) is 3.27. The van der Waals surface area contributed by atoms with Crippen molar-refractivity contribution >= 4 is 27.3 Å². The van der Waals surface area contributed by atoms with Crippen LogP contribution in [-0.2, 0) is 0 Å². The molecule has 1 aliphatic carbocycles. The van der Waals surface area contributed by atoms with Crippen LogP contribution in [0, 0.1) is 6.92 Å². The van der Waals surface area contributed by atoms with Crippen molar-refractivity contribution in [3.8, 4) is 5.75 Å². The molecule has 1 amide bonds. The van der Waals surface area contributed by atoms with Crippen LogP contribution in [0.3, 0.4) is 0 Å². The number of aryl methyl sites for hydroxylation is 1. The van der Waals surface area contributed by atoms with Crippen LogP contribution in [0.5, 0.6) is 5.75 Å². The molecule has 1 saturated carbocycles. The zero-order chi connectivity index (χ0) is 18.1. The lowest BCUT2D eigenvalue weighted by Crippen LogP contribution is -2.40. The second kappa shape index (κ2) is 7.57. The first-order chi connectivity index (χ1) is 12.7. The first-order valence-electron chi connectivity index (χ1n) is 9.78. The number of nitrogens with zero attached hydrogens (tertiary/aromatic N) is 1. The molecular formula is C21H28N2O2S. The quantitative estimate of drug-likeness (QED) is 0.867. The molecule has 26 heavy (non-hydrogen) atoms. The lowest BCUT2D eigenvalue weighted by atomic mass is 9.94. The Bertz CT molecular complexity index is 795. The minimum Gasteiger partial charge on any atom is -0.495 e.